The molecule has 0 aromatic heterocycles. The van der Waals surface area contributed by atoms with E-state index in [2.05, 4.69) is 0 Å². The van der Waals surface area contributed by atoms with Crippen molar-refractivity contribution < 1.29 is 133 Å². The monoisotopic (exact) mass is 321 g/mol. The van der Waals surface area contributed by atoms with Crippen LogP contribution in [0, 0.1) is 0 Å². The second-order valence-corrected chi connectivity index (χ2v) is 0. The summed E-state index contributed by atoms with van der Waals surface area (Å²) in [7, 11) is 0. The standard InChI is InChI=1S/Co.2Li.2Mn.Ni.5O/q+2;2*+1;3*+2;5*-2. The molecule has 0 amide bonds. The van der Waals surface area contributed by atoms with Crippen LogP contribution in [0.4, 0.5) is 0 Å². The summed E-state index contributed by atoms with van der Waals surface area (Å²) >= 11 is 0. The summed E-state index contributed by atoms with van der Waals surface area (Å²) in [6, 6.07) is 0. The summed E-state index contributed by atoms with van der Waals surface area (Å²) in [5.41, 5.74) is 0. The normalized spacial score (nSPS) is 0. The fourth-order valence-electron chi connectivity index (χ4n) is 0. The average molecular weight is 321 g/mol. The van der Waals surface area contributed by atoms with Gasteiger partial charge in [-0.25, -0.2) is 0 Å². The van der Waals surface area contributed by atoms with Crippen molar-refractivity contribution in [3.8, 4) is 0 Å². The van der Waals surface area contributed by atoms with Crippen molar-refractivity contribution in [1.29, 1.82) is 0 Å². The van der Waals surface area contributed by atoms with E-state index in [1.807, 2.05) is 0 Å². The Hall–Kier alpha value is 3.03. The number of hydrogen-bond donors (Lipinski definition) is 0. The molecule has 0 heterocycles. The summed E-state index contributed by atoms with van der Waals surface area (Å²) in [6.07, 6.45) is 0. The molecule has 11 heteroatoms. The average Bonchev–Trinajstić information content (AvgIpc) is 0. The maximum atomic E-state index is 0. The largest absolute Gasteiger partial charge is 2.00 e. The molecule has 0 aliphatic carbocycles. The van der Waals surface area contributed by atoms with Crippen molar-refractivity contribution in [2.24, 2.45) is 0 Å². The first kappa shape index (κ1) is 259. The summed E-state index contributed by atoms with van der Waals surface area (Å²) in [4.78, 5) is 0. The molecule has 0 fully saturated rings. The van der Waals surface area contributed by atoms with Gasteiger partial charge in [-0.15, -0.1) is 0 Å². The van der Waals surface area contributed by atoms with Gasteiger partial charge >= 0.3 is 105 Å². The van der Waals surface area contributed by atoms with E-state index in [1.165, 1.54) is 0 Å². The molecule has 0 aromatic rings. The van der Waals surface area contributed by atoms with Crippen LogP contribution in [0.3, 0.4) is 0 Å². The van der Waals surface area contributed by atoms with E-state index >= 15 is 0 Å². The van der Waals surface area contributed by atoms with Crippen LogP contribution < -0.4 is 37.7 Å². The van der Waals surface area contributed by atoms with Crippen LogP contribution in [0.25, 0.3) is 0 Å². The zero-order valence-corrected chi connectivity index (χ0v) is 9.84. The molecule has 0 atom stereocenters. The summed E-state index contributed by atoms with van der Waals surface area (Å²) < 4.78 is 0. The number of hydrogen-bond acceptors (Lipinski definition) is 0. The Morgan fingerprint density at radius 2 is 0.455 bits per heavy atom. The van der Waals surface area contributed by atoms with Crippen molar-refractivity contribution >= 4 is 0 Å². The minimum atomic E-state index is 0. The minimum absolute atomic E-state index is 0. The minimum Gasteiger partial charge on any atom is -2.00 e. The molecule has 65 valence electrons. The first-order chi connectivity index (χ1) is 0. The van der Waals surface area contributed by atoms with Crippen LogP contribution in [0.5, 0.6) is 0 Å². The predicted octanol–water partition coefficient (Wildman–Crippen LogP) is -6.60. The van der Waals surface area contributed by atoms with E-state index < -0.39 is 0 Å². The maximum Gasteiger partial charge on any atom is 2.00 e. The Bertz CT molecular complexity index is 22.4. The smallest absolute Gasteiger partial charge is 2.00 e. The van der Waals surface area contributed by atoms with Crippen molar-refractivity contribution in [3.05, 3.63) is 0 Å². The van der Waals surface area contributed by atoms with Crippen molar-refractivity contribution in [2.45, 2.75) is 0 Å². The van der Waals surface area contributed by atoms with Gasteiger partial charge in [-0.3, -0.25) is 0 Å². The Balaban J connectivity index is 0. The third-order valence-electron chi connectivity index (χ3n) is 0. The van der Waals surface area contributed by atoms with E-state index in [1.54, 1.807) is 0 Å². The molecule has 3 radical (unpaired) electrons. The molecule has 0 N–H and O–H groups in total. The van der Waals surface area contributed by atoms with Crippen LogP contribution in [0.2, 0.25) is 0 Å². The van der Waals surface area contributed by atoms with Crippen molar-refractivity contribution in [1.82, 2.24) is 0 Å². The topological polar surface area (TPSA) is 142 Å². The quantitative estimate of drug-likeness (QED) is 0.391. The molecule has 0 saturated heterocycles. The Morgan fingerprint density at radius 1 is 0.455 bits per heavy atom. The molecular formula is CoLi2Mn2NiO5. The van der Waals surface area contributed by atoms with Gasteiger partial charge in [0.05, 0.1) is 0 Å². The summed E-state index contributed by atoms with van der Waals surface area (Å²) in [6.45, 7) is 0. The Labute approximate surface area is 131 Å². The van der Waals surface area contributed by atoms with Crippen molar-refractivity contribution in [3.63, 3.8) is 0 Å². The van der Waals surface area contributed by atoms with Gasteiger partial charge in [-0.1, -0.05) is 0 Å². The third kappa shape index (κ3) is 172. The molecule has 0 spiro atoms. The molecule has 0 saturated carbocycles. The van der Waals surface area contributed by atoms with E-state index in [4.69, 9.17) is 0 Å². The first-order valence-corrected chi connectivity index (χ1v) is 0. The van der Waals surface area contributed by atoms with Crippen LogP contribution in [0.1, 0.15) is 0 Å². The second kappa shape index (κ2) is 205. The summed E-state index contributed by atoms with van der Waals surface area (Å²) in [5, 5.41) is 0. The van der Waals surface area contributed by atoms with Gasteiger partial charge in [0.25, 0.3) is 0 Å². The Morgan fingerprint density at radius 3 is 0.455 bits per heavy atom. The van der Waals surface area contributed by atoms with E-state index in [9.17, 15) is 0 Å². The molecule has 5 nitrogen and oxygen atoms in total. The van der Waals surface area contributed by atoms with Gasteiger partial charge in [-0.2, -0.15) is 0 Å². The van der Waals surface area contributed by atoms with Crippen molar-refractivity contribution in [2.75, 3.05) is 0 Å². The van der Waals surface area contributed by atoms with Gasteiger partial charge < -0.3 is 27.4 Å². The molecule has 11 heavy (non-hydrogen) atoms. The molecule has 0 unspecified atom stereocenters. The predicted molar refractivity (Wildman–Crippen MR) is 3.43 cm³/mol. The SMILES string of the molecule is [Co+2].[Li+].[Li+].[Mn+2].[Mn+2].[Ni+2].[O-2].[O-2].[O-2].[O-2].[O-2]. The van der Waals surface area contributed by atoms with Gasteiger partial charge in [0.2, 0.25) is 0 Å². The molecule has 0 bridgehead atoms. The molecule has 0 aliphatic rings. The molecular weight excluding hydrogens is 321 g/mol. The van der Waals surface area contributed by atoms with Crippen LogP contribution in [-0.4, -0.2) is 0 Å². The Kier molecular flexibility index (Phi) is 4830. The zero-order chi connectivity index (χ0) is 0. The van der Waals surface area contributed by atoms with Crippen LogP contribution >= 0.6 is 0 Å². The zero-order valence-electron chi connectivity index (χ0n) is 5.45. The first-order valence-electron chi connectivity index (χ1n) is 0. The number of rotatable bonds is 0. The van der Waals surface area contributed by atoms with E-state index in [0.29, 0.717) is 0 Å². The van der Waals surface area contributed by atoms with Gasteiger partial charge in [-0.05, 0) is 0 Å². The molecule has 0 rings (SSSR count). The maximum absolute atomic E-state index is 0. The van der Waals surface area contributed by atoms with Crippen LogP contribution in [-0.2, 0) is 94.8 Å². The molecule has 0 aliphatic heterocycles. The van der Waals surface area contributed by atoms with Gasteiger partial charge in [0, 0.05) is 0 Å². The van der Waals surface area contributed by atoms with Crippen LogP contribution in [0.15, 0.2) is 0 Å². The fraction of sp³-hybridized carbons (Fsp3) is 0. The van der Waals surface area contributed by atoms with Gasteiger partial charge in [0.15, 0.2) is 0 Å². The summed E-state index contributed by atoms with van der Waals surface area (Å²) in [5.74, 6) is 0. The van der Waals surface area contributed by atoms with E-state index in [-0.39, 0.29) is 133 Å². The third-order valence-corrected chi connectivity index (χ3v) is 0. The fourth-order valence-corrected chi connectivity index (χ4v) is 0. The van der Waals surface area contributed by atoms with Gasteiger partial charge in [0.1, 0.15) is 0 Å². The second-order valence-electron chi connectivity index (χ2n) is 0. The van der Waals surface area contributed by atoms with E-state index in [0.717, 1.165) is 0 Å². The molecule has 0 aromatic carbocycles.